The Balaban J connectivity index is 0.00000420. The molecule has 0 heterocycles. The number of halogens is 2. The van der Waals surface area contributed by atoms with Crippen LogP contribution in [0.3, 0.4) is 0 Å². The molecule has 3 N–H and O–H groups in total. The van der Waals surface area contributed by atoms with Crippen molar-refractivity contribution in [2.45, 2.75) is 26.5 Å². The maximum absolute atomic E-state index is 13.7. The van der Waals surface area contributed by atoms with Gasteiger partial charge in [-0.3, -0.25) is 9.79 Å². The van der Waals surface area contributed by atoms with Gasteiger partial charge in [-0.1, -0.05) is 24.3 Å². The molecule has 0 aromatic heterocycles. The number of para-hydroxylation sites is 1. The molecule has 1 atom stereocenters. The molecule has 0 saturated carbocycles. The van der Waals surface area contributed by atoms with Crippen LogP contribution in [0.25, 0.3) is 0 Å². The van der Waals surface area contributed by atoms with Gasteiger partial charge in [0, 0.05) is 25.7 Å². The number of nitrogens with zero attached hydrogens (tertiary/aromatic N) is 1. The second-order valence-electron chi connectivity index (χ2n) is 6.23. The number of carbonyl (C=O) groups excluding carboxylic acids is 1. The average Bonchev–Trinajstić information content (AvgIpc) is 2.70. The van der Waals surface area contributed by atoms with Crippen LogP contribution in [0.15, 0.2) is 53.5 Å². The molecule has 6 nitrogen and oxygen atoms in total. The number of guanidine groups is 1. The third kappa shape index (κ3) is 8.26. The molecule has 8 heteroatoms. The molecule has 0 bridgehead atoms. The first kappa shape index (κ1) is 24.7. The molecule has 1 unspecified atom stereocenters. The highest BCUT2D eigenvalue weighted by Gasteiger charge is 2.09. The standard InChI is InChI=1S/C21H27FN4O2.HI/c1-4-24-20(27)17-9-7-8-16(12-17)14-26-21(23-3)25-13-15(2)28-19-11-6-5-10-18(19)22;/h5-12,15H,4,13-14H2,1-3H3,(H,24,27)(H2,23,25,26);1H. The van der Waals surface area contributed by atoms with Crippen LogP contribution in [-0.4, -0.2) is 38.1 Å². The quantitative estimate of drug-likeness (QED) is 0.287. The first-order valence-electron chi connectivity index (χ1n) is 9.26. The maximum Gasteiger partial charge on any atom is 0.251 e. The van der Waals surface area contributed by atoms with Gasteiger partial charge in [-0.15, -0.1) is 24.0 Å². The lowest BCUT2D eigenvalue weighted by molar-refractivity contribution is 0.0955. The zero-order chi connectivity index (χ0) is 20.4. The van der Waals surface area contributed by atoms with Crippen LogP contribution < -0.4 is 20.7 Å². The van der Waals surface area contributed by atoms with Gasteiger partial charge in [0.15, 0.2) is 17.5 Å². The number of benzene rings is 2. The lowest BCUT2D eigenvalue weighted by atomic mass is 10.1. The lowest BCUT2D eigenvalue weighted by Crippen LogP contribution is -2.41. The molecule has 0 radical (unpaired) electrons. The minimum Gasteiger partial charge on any atom is -0.486 e. The Morgan fingerprint density at radius 1 is 1.14 bits per heavy atom. The van der Waals surface area contributed by atoms with Crippen molar-refractivity contribution in [2.75, 3.05) is 20.1 Å². The molecule has 158 valence electrons. The summed E-state index contributed by atoms with van der Waals surface area (Å²) in [6, 6.07) is 13.7. The molecule has 2 aromatic carbocycles. The Hall–Kier alpha value is -2.36. The van der Waals surface area contributed by atoms with E-state index in [2.05, 4.69) is 20.9 Å². The summed E-state index contributed by atoms with van der Waals surface area (Å²) in [7, 11) is 1.67. The normalized spacial score (nSPS) is 11.8. The van der Waals surface area contributed by atoms with Gasteiger partial charge in [-0.05, 0) is 43.7 Å². The summed E-state index contributed by atoms with van der Waals surface area (Å²) in [6.07, 6.45) is -0.253. The Kier molecular flexibility index (Phi) is 11.0. The van der Waals surface area contributed by atoms with E-state index in [1.165, 1.54) is 6.07 Å². The third-order valence-electron chi connectivity index (χ3n) is 3.93. The number of amides is 1. The molecule has 0 fully saturated rings. The van der Waals surface area contributed by atoms with Gasteiger partial charge in [0.05, 0.1) is 6.54 Å². The monoisotopic (exact) mass is 514 g/mol. The van der Waals surface area contributed by atoms with Gasteiger partial charge < -0.3 is 20.7 Å². The number of aliphatic imine (C=N–C) groups is 1. The molecule has 0 spiro atoms. The highest BCUT2D eigenvalue weighted by atomic mass is 127. The predicted molar refractivity (Wildman–Crippen MR) is 125 cm³/mol. The maximum atomic E-state index is 13.7. The topological polar surface area (TPSA) is 74.8 Å². The Labute approximate surface area is 188 Å². The van der Waals surface area contributed by atoms with Crippen molar-refractivity contribution < 1.29 is 13.9 Å². The van der Waals surface area contributed by atoms with Crippen molar-refractivity contribution in [3.8, 4) is 5.75 Å². The summed E-state index contributed by atoms with van der Waals surface area (Å²) in [5.41, 5.74) is 1.58. The van der Waals surface area contributed by atoms with E-state index in [-0.39, 0.29) is 47.6 Å². The van der Waals surface area contributed by atoms with Gasteiger partial charge in [0.2, 0.25) is 0 Å². The first-order chi connectivity index (χ1) is 13.5. The number of hydrogen-bond donors (Lipinski definition) is 3. The fourth-order valence-corrected chi connectivity index (χ4v) is 2.53. The third-order valence-corrected chi connectivity index (χ3v) is 3.93. The summed E-state index contributed by atoms with van der Waals surface area (Å²) in [5.74, 6) is 0.337. The highest BCUT2D eigenvalue weighted by Crippen LogP contribution is 2.16. The second kappa shape index (κ2) is 13.0. The number of carbonyl (C=O) groups is 1. The van der Waals surface area contributed by atoms with Gasteiger partial charge in [0.1, 0.15) is 6.10 Å². The van der Waals surface area contributed by atoms with Crippen molar-refractivity contribution >= 4 is 35.8 Å². The van der Waals surface area contributed by atoms with Crippen molar-refractivity contribution in [1.29, 1.82) is 0 Å². The van der Waals surface area contributed by atoms with Crippen LogP contribution in [-0.2, 0) is 6.54 Å². The van der Waals surface area contributed by atoms with Crippen LogP contribution >= 0.6 is 24.0 Å². The molecule has 0 saturated heterocycles. The summed E-state index contributed by atoms with van der Waals surface area (Å²) in [4.78, 5) is 16.1. The van der Waals surface area contributed by atoms with Crippen LogP contribution in [0.4, 0.5) is 4.39 Å². The SMILES string of the molecule is CCNC(=O)c1cccc(CNC(=NC)NCC(C)Oc2ccccc2F)c1.I. The number of ether oxygens (including phenoxy) is 1. The summed E-state index contributed by atoms with van der Waals surface area (Å²) < 4.78 is 19.3. The van der Waals surface area contributed by atoms with E-state index in [0.717, 1.165) is 5.56 Å². The van der Waals surface area contributed by atoms with Crippen LogP contribution in [0, 0.1) is 5.82 Å². The van der Waals surface area contributed by atoms with Crippen molar-refractivity contribution in [2.24, 2.45) is 4.99 Å². The number of hydrogen-bond acceptors (Lipinski definition) is 3. The molecule has 2 aromatic rings. The minimum absolute atomic E-state index is 0. The summed E-state index contributed by atoms with van der Waals surface area (Å²) >= 11 is 0. The lowest BCUT2D eigenvalue weighted by Gasteiger charge is -2.18. The Morgan fingerprint density at radius 3 is 2.59 bits per heavy atom. The Bertz CT molecular complexity index is 817. The van der Waals surface area contributed by atoms with Crippen LogP contribution in [0.5, 0.6) is 5.75 Å². The van der Waals surface area contributed by atoms with Crippen LogP contribution in [0.2, 0.25) is 0 Å². The van der Waals surface area contributed by atoms with Gasteiger partial charge in [-0.2, -0.15) is 0 Å². The van der Waals surface area contributed by atoms with Crippen molar-refractivity contribution in [3.05, 3.63) is 65.5 Å². The molecule has 29 heavy (non-hydrogen) atoms. The average molecular weight is 514 g/mol. The zero-order valence-electron chi connectivity index (χ0n) is 16.9. The fourth-order valence-electron chi connectivity index (χ4n) is 2.53. The number of rotatable bonds is 8. The molecular weight excluding hydrogens is 486 g/mol. The first-order valence-corrected chi connectivity index (χ1v) is 9.26. The molecule has 0 aliphatic heterocycles. The van der Waals surface area contributed by atoms with Crippen molar-refractivity contribution in [1.82, 2.24) is 16.0 Å². The Morgan fingerprint density at radius 2 is 1.90 bits per heavy atom. The van der Waals surface area contributed by atoms with E-state index in [9.17, 15) is 9.18 Å². The van der Waals surface area contributed by atoms with E-state index in [4.69, 9.17) is 4.74 Å². The molecular formula is C21H28FIN4O2. The predicted octanol–water partition coefficient (Wildman–Crippen LogP) is 3.33. The van der Waals surface area contributed by atoms with Crippen molar-refractivity contribution in [3.63, 3.8) is 0 Å². The molecule has 2 rings (SSSR count). The molecule has 0 aliphatic rings. The summed E-state index contributed by atoms with van der Waals surface area (Å²) in [6.45, 7) is 5.28. The van der Waals surface area contributed by atoms with E-state index < -0.39 is 0 Å². The van der Waals surface area contributed by atoms with E-state index in [1.54, 1.807) is 31.3 Å². The second-order valence-corrected chi connectivity index (χ2v) is 6.23. The van der Waals surface area contributed by atoms with Gasteiger partial charge >= 0.3 is 0 Å². The number of nitrogens with one attached hydrogen (secondary N) is 3. The molecule has 0 aliphatic carbocycles. The van der Waals surface area contributed by atoms with E-state index in [1.807, 2.05) is 32.0 Å². The van der Waals surface area contributed by atoms with E-state index in [0.29, 0.717) is 31.2 Å². The zero-order valence-corrected chi connectivity index (χ0v) is 19.2. The highest BCUT2D eigenvalue weighted by molar-refractivity contribution is 14.0. The smallest absolute Gasteiger partial charge is 0.251 e. The van der Waals surface area contributed by atoms with Gasteiger partial charge in [-0.25, -0.2) is 4.39 Å². The fraction of sp³-hybridized carbons (Fsp3) is 0.333. The largest absolute Gasteiger partial charge is 0.486 e. The summed E-state index contributed by atoms with van der Waals surface area (Å²) in [5, 5.41) is 9.13. The van der Waals surface area contributed by atoms with E-state index >= 15 is 0 Å². The van der Waals surface area contributed by atoms with Gasteiger partial charge in [0.25, 0.3) is 5.91 Å². The van der Waals surface area contributed by atoms with Crippen LogP contribution in [0.1, 0.15) is 29.8 Å². The molecule has 1 amide bonds. The minimum atomic E-state index is -0.385.